The third kappa shape index (κ3) is 5.08. The van der Waals surface area contributed by atoms with Crippen LogP contribution in [0, 0.1) is 0 Å². The summed E-state index contributed by atoms with van der Waals surface area (Å²) in [6.07, 6.45) is 4.76. The number of nitrogens with two attached hydrogens (primary N) is 1. The fraction of sp³-hybridized carbons (Fsp3) is 0.333. The van der Waals surface area contributed by atoms with E-state index in [4.69, 9.17) is 5.73 Å². The van der Waals surface area contributed by atoms with Gasteiger partial charge < -0.3 is 11.1 Å². The van der Waals surface area contributed by atoms with Crippen LogP contribution in [0.5, 0.6) is 0 Å². The van der Waals surface area contributed by atoms with Gasteiger partial charge in [-0.3, -0.25) is 0 Å². The molecule has 0 radical (unpaired) electrons. The first kappa shape index (κ1) is 7.08. The molecule has 0 amide bonds. The van der Waals surface area contributed by atoms with Crippen LogP contribution in [0.1, 0.15) is 13.3 Å². The van der Waals surface area contributed by atoms with Crippen LogP contribution in [-0.2, 0) is 0 Å². The van der Waals surface area contributed by atoms with Crippen molar-refractivity contribution in [2.45, 2.75) is 13.3 Å². The van der Waals surface area contributed by atoms with Gasteiger partial charge in [0.25, 0.3) is 0 Å². The van der Waals surface area contributed by atoms with Crippen LogP contribution in [-0.4, -0.2) is 0 Å². The molecule has 2 heteroatoms. The Morgan fingerprint density at radius 2 is 2.50 bits per heavy atom. The average molecular weight is 112 g/mol. The summed E-state index contributed by atoms with van der Waals surface area (Å²) in [5.74, 6) is 0.481. The Morgan fingerprint density at radius 3 is 2.88 bits per heavy atom. The molecule has 0 atom stereocenters. The molecule has 0 saturated heterocycles. The molecule has 8 heavy (non-hydrogen) atoms. The minimum atomic E-state index is 0.481. The maximum atomic E-state index is 5.18. The van der Waals surface area contributed by atoms with Crippen molar-refractivity contribution in [2.75, 3.05) is 0 Å². The second-order valence-corrected chi connectivity index (χ2v) is 1.48. The fourth-order valence-electron chi connectivity index (χ4n) is 0.284. The van der Waals surface area contributed by atoms with Crippen LogP contribution in [0.15, 0.2) is 24.7 Å². The summed E-state index contributed by atoms with van der Waals surface area (Å²) < 4.78 is 0. The molecule has 0 fully saturated rings. The predicted molar refractivity (Wildman–Crippen MR) is 35.9 cm³/mol. The van der Waals surface area contributed by atoms with Gasteiger partial charge >= 0.3 is 0 Å². The van der Waals surface area contributed by atoms with E-state index in [2.05, 4.69) is 18.8 Å². The lowest BCUT2D eigenvalue weighted by molar-refractivity contribution is 1.02. The Hall–Kier alpha value is -0.920. The maximum absolute atomic E-state index is 5.18. The predicted octanol–water partition coefficient (Wildman–Crippen LogP) is 0.930. The summed E-state index contributed by atoms with van der Waals surface area (Å²) in [6, 6.07) is 0. The van der Waals surface area contributed by atoms with Crippen molar-refractivity contribution < 1.29 is 0 Å². The van der Waals surface area contributed by atoms with Crippen molar-refractivity contribution >= 4 is 0 Å². The highest BCUT2D eigenvalue weighted by Crippen LogP contribution is 1.75. The van der Waals surface area contributed by atoms with Crippen LogP contribution in [0.4, 0.5) is 0 Å². The van der Waals surface area contributed by atoms with E-state index in [0.29, 0.717) is 5.82 Å². The second-order valence-electron chi connectivity index (χ2n) is 1.48. The number of allylic oxidation sites excluding steroid dienone is 1. The highest BCUT2D eigenvalue weighted by atomic mass is 15.0. The lowest BCUT2D eigenvalue weighted by Crippen LogP contribution is -2.11. The molecular weight excluding hydrogens is 100 g/mol. The van der Waals surface area contributed by atoms with Gasteiger partial charge in [0.15, 0.2) is 0 Å². The Labute approximate surface area is 50.1 Å². The van der Waals surface area contributed by atoms with E-state index in [9.17, 15) is 0 Å². The Bertz CT molecular complexity index is 94.7. The average Bonchev–Trinajstić information content (AvgIpc) is 1.66. The minimum absolute atomic E-state index is 0.481. The van der Waals surface area contributed by atoms with Crippen molar-refractivity contribution in [1.82, 2.24) is 5.32 Å². The minimum Gasteiger partial charge on any atom is -0.386 e. The van der Waals surface area contributed by atoms with E-state index in [0.717, 1.165) is 6.42 Å². The molecule has 0 heterocycles. The molecule has 0 aromatic carbocycles. The van der Waals surface area contributed by atoms with Gasteiger partial charge in [-0.25, -0.2) is 0 Å². The topological polar surface area (TPSA) is 38.0 Å². The maximum Gasteiger partial charge on any atom is 0.0925 e. The zero-order chi connectivity index (χ0) is 6.41. The molecule has 0 saturated carbocycles. The van der Waals surface area contributed by atoms with Crippen molar-refractivity contribution in [3.8, 4) is 0 Å². The van der Waals surface area contributed by atoms with Crippen molar-refractivity contribution in [3.63, 3.8) is 0 Å². The number of nitrogens with one attached hydrogen (secondary N) is 1. The fourth-order valence-corrected chi connectivity index (χ4v) is 0.284. The van der Waals surface area contributed by atoms with Gasteiger partial charge in [-0.1, -0.05) is 19.6 Å². The Kier molecular flexibility index (Phi) is 3.76. The monoisotopic (exact) mass is 112 g/mol. The molecule has 0 aromatic rings. The largest absolute Gasteiger partial charge is 0.386 e. The van der Waals surface area contributed by atoms with Gasteiger partial charge in [0.1, 0.15) is 0 Å². The number of hydrogen-bond acceptors (Lipinski definition) is 2. The van der Waals surface area contributed by atoms with Crippen LogP contribution in [0.3, 0.4) is 0 Å². The van der Waals surface area contributed by atoms with E-state index < -0.39 is 0 Å². The standard InChI is InChI=1S/C6H12N2/c1-3-4-5-8-6(2)7/h4-5,8H,2-3,7H2,1H3/b5-4-. The summed E-state index contributed by atoms with van der Waals surface area (Å²) in [7, 11) is 0. The third-order valence-corrected chi connectivity index (χ3v) is 0.622. The van der Waals surface area contributed by atoms with Gasteiger partial charge in [-0.15, -0.1) is 0 Å². The molecule has 0 bridgehead atoms. The molecule has 0 aliphatic carbocycles. The molecule has 0 aliphatic rings. The molecule has 46 valence electrons. The lowest BCUT2D eigenvalue weighted by Gasteiger charge is -1.93. The van der Waals surface area contributed by atoms with E-state index in [-0.39, 0.29) is 0 Å². The second kappa shape index (κ2) is 4.24. The zero-order valence-corrected chi connectivity index (χ0v) is 5.15. The molecule has 3 N–H and O–H groups in total. The first-order chi connectivity index (χ1) is 3.77. The number of hydrogen-bond donors (Lipinski definition) is 2. The number of rotatable bonds is 3. The summed E-state index contributed by atoms with van der Waals surface area (Å²) in [5.41, 5.74) is 5.18. The molecular formula is C6H12N2. The molecule has 0 aliphatic heterocycles. The quantitative estimate of drug-likeness (QED) is 0.570. The van der Waals surface area contributed by atoms with Gasteiger partial charge in [0, 0.05) is 0 Å². The summed E-state index contributed by atoms with van der Waals surface area (Å²) >= 11 is 0. The highest BCUT2D eigenvalue weighted by Gasteiger charge is 1.70. The van der Waals surface area contributed by atoms with Gasteiger partial charge in [0.05, 0.1) is 5.82 Å². The first-order valence-corrected chi connectivity index (χ1v) is 2.63. The summed E-state index contributed by atoms with van der Waals surface area (Å²) in [4.78, 5) is 0. The molecule has 0 aromatic heterocycles. The van der Waals surface area contributed by atoms with Crippen molar-refractivity contribution in [3.05, 3.63) is 24.7 Å². The van der Waals surface area contributed by atoms with Crippen LogP contribution >= 0.6 is 0 Å². The molecule has 0 unspecified atom stereocenters. The zero-order valence-electron chi connectivity index (χ0n) is 5.15. The van der Waals surface area contributed by atoms with Crippen LogP contribution < -0.4 is 11.1 Å². The van der Waals surface area contributed by atoms with E-state index in [1.165, 1.54) is 0 Å². The molecule has 0 rings (SSSR count). The van der Waals surface area contributed by atoms with Gasteiger partial charge in [-0.2, -0.15) is 0 Å². The molecule has 0 spiro atoms. The van der Waals surface area contributed by atoms with Crippen LogP contribution in [0.25, 0.3) is 0 Å². The smallest absolute Gasteiger partial charge is 0.0925 e. The SMILES string of the molecule is C=C(N)N/C=C\CC. The first-order valence-electron chi connectivity index (χ1n) is 2.63. The summed E-state index contributed by atoms with van der Waals surface area (Å²) in [6.45, 7) is 5.50. The Morgan fingerprint density at radius 1 is 1.88 bits per heavy atom. The van der Waals surface area contributed by atoms with Crippen molar-refractivity contribution in [2.24, 2.45) is 5.73 Å². The van der Waals surface area contributed by atoms with Gasteiger partial charge in [-0.05, 0) is 12.6 Å². The van der Waals surface area contributed by atoms with Crippen molar-refractivity contribution in [1.29, 1.82) is 0 Å². The van der Waals surface area contributed by atoms with Crippen LogP contribution in [0.2, 0.25) is 0 Å². The highest BCUT2D eigenvalue weighted by molar-refractivity contribution is 4.91. The van der Waals surface area contributed by atoms with E-state index in [1.807, 2.05) is 6.08 Å². The normalized spacial score (nSPS) is 9.62. The summed E-state index contributed by atoms with van der Waals surface area (Å²) in [5, 5.41) is 2.75. The molecule has 2 nitrogen and oxygen atoms in total. The van der Waals surface area contributed by atoms with E-state index in [1.54, 1.807) is 6.20 Å². The Balaban J connectivity index is 3.16. The van der Waals surface area contributed by atoms with Gasteiger partial charge in [0.2, 0.25) is 0 Å². The lowest BCUT2D eigenvalue weighted by atomic mass is 10.5. The van der Waals surface area contributed by atoms with E-state index >= 15 is 0 Å². The third-order valence-electron chi connectivity index (χ3n) is 0.622.